The van der Waals surface area contributed by atoms with Crippen LogP contribution < -0.4 is 0 Å². The molecule has 0 fully saturated rings. The van der Waals surface area contributed by atoms with E-state index in [0.29, 0.717) is 0 Å². The molecule has 0 N–H and O–H groups in total. The Morgan fingerprint density at radius 3 is 1.80 bits per heavy atom. The largest absolute Gasteiger partial charge is 0.309 e. The fraction of sp³-hybridized carbons (Fsp3) is 0.0667. The fourth-order valence-corrected chi connectivity index (χ4v) is 7.73. The van der Waals surface area contributed by atoms with Crippen molar-refractivity contribution in [3.63, 3.8) is 0 Å². The van der Waals surface area contributed by atoms with E-state index in [1.165, 1.54) is 83.1 Å². The van der Waals surface area contributed by atoms with E-state index in [1.807, 2.05) is 0 Å². The highest BCUT2D eigenvalue weighted by Gasteiger charge is 2.35. The van der Waals surface area contributed by atoms with E-state index >= 15 is 0 Å². The van der Waals surface area contributed by atoms with E-state index in [-0.39, 0.29) is 5.41 Å². The van der Waals surface area contributed by atoms with E-state index < -0.39 is 0 Å². The van der Waals surface area contributed by atoms with Gasteiger partial charge in [0.15, 0.2) is 0 Å². The maximum atomic E-state index is 2.43. The number of benzene rings is 7. The van der Waals surface area contributed by atoms with Gasteiger partial charge in [-0.25, -0.2) is 0 Å². The van der Waals surface area contributed by atoms with Gasteiger partial charge in [0.25, 0.3) is 0 Å². The number of nitrogens with zero attached hydrogens (tertiary/aromatic N) is 1. The highest BCUT2D eigenvalue weighted by Crippen LogP contribution is 2.50. The van der Waals surface area contributed by atoms with Crippen molar-refractivity contribution in [2.45, 2.75) is 19.3 Å². The molecular formula is C45H33N. The molecule has 1 aliphatic carbocycles. The molecule has 9 rings (SSSR count). The zero-order valence-electron chi connectivity index (χ0n) is 26.0. The Balaban J connectivity index is 1.19. The van der Waals surface area contributed by atoms with Gasteiger partial charge < -0.3 is 4.57 Å². The maximum Gasteiger partial charge on any atom is 0.0541 e. The first kappa shape index (κ1) is 26.7. The van der Waals surface area contributed by atoms with Gasteiger partial charge in [0.1, 0.15) is 0 Å². The molecule has 0 aliphatic heterocycles. The van der Waals surface area contributed by atoms with Crippen molar-refractivity contribution in [2.75, 3.05) is 0 Å². The zero-order valence-corrected chi connectivity index (χ0v) is 26.0. The van der Waals surface area contributed by atoms with Crippen molar-refractivity contribution in [1.29, 1.82) is 0 Å². The lowest BCUT2D eigenvalue weighted by Gasteiger charge is -2.22. The van der Waals surface area contributed by atoms with Crippen molar-refractivity contribution >= 4 is 21.8 Å². The molecule has 7 aromatic carbocycles. The lowest BCUT2D eigenvalue weighted by Crippen LogP contribution is -2.14. The van der Waals surface area contributed by atoms with E-state index in [4.69, 9.17) is 0 Å². The van der Waals surface area contributed by atoms with Crippen molar-refractivity contribution in [3.8, 4) is 50.2 Å². The monoisotopic (exact) mass is 587 g/mol. The number of para-hydroxylation sites is 1. The summed E-state index contributed by atoms with van der Waals surface area (Å²) in [4.78, 5) is 0. The van der Waals surface area contributed by atoms with Crippen LogP contribution in [-0.4, -0.2) is 4.57 Å². The summed E-state index contributed by atoms with van der Waals surface area (Å²) in [7, 11) is 0. The Bertz CT molecular complexity index is 2440. The van der Waals surface area contributed by atoms with E-state index in [1.54, 1.807) is 0 Å². The SMILES string of the molecule is CC1(C)c2ccccc2-c2ccc(-c3ccccc3-c3ccc4c(c3)c3ccccc3n4-c3cccc(-c4ccccc4)c3)cc21. The standard InChI is InChI=1S/C45H33N/c1-45(2)41-21-10-8-19-37(41)38-25-23-33(29-42(38)45)36-18-7-6-17-35(36)32-24-26-44-40(28-32)39-20-9-11-22-43(39)46(44)34-16-12-15-31(27-34)30-13-4-3-5-14-30/h3-29H,1-2H3. The maximum absolute atomic E-state index is 2.43. The van der Waals surface area contributed by atoms with Gasteiger partial charge in [-0.2, -0.15) is 0 Å². The molecule has 218 valence electrons. The molecule has 0 radical (unpaired) electrons. The average Bonchev–Trinajstić information content (AvgIpc) is 3.57. The predicted molar refractivity (Wildman–Crippen MR) is 195 cm³/mol. The number of rotatable bonds is 4. The quantitative estimate of drug-likeness (QED) is 0.193. The highest BCUT2D eigenvalue weighted by molar-refractivity contribution is 6.11. The normalized spacial score (nSPS) is 13.2. The molecule has 1 aliphatic rings. The Kier molecular flexibility index (Phi) is 5.92. The summed E-state index contributed by atoms with van der Waals surface area (Å²) >= 11 is 0. The second-order valence-electron chi connectivity index (χ2n) is 13.0. The lowest BCUT2D eigenvalue weighted by atomic mass is 9.81. The topological polar surface area (TPSA) is 4.93 Å². The summed E-state index contributed by atoms with van der Waals surface area (Å²) in [5.74, 6) is 0. The van der Waals surface area contributed by atoms with Crippen LogP contribution in [0.2, 0.25) is 0 Å². The van der Waals surface area contributed by atoms with E-state index in [9.17, 15) is 0 Å². The summed E-state index contributed by atoms with van der Waals surface area (Å²) < 4.78 is 2.41. The first-order chi connectivity index (χ1) is 22.6. The Morgan fingerprint density at radius 2 is 0.978 bits per heavy atom. The van der Waals surface area contributed by atoms with Crippen LogP contribution in [0.4, 0.5) is 0 Å². The molecule has 46 heavy (non-hydrogen) atoms. The Hall–Kier alpha value is -5.66. The minimum absolute atomic E-state index is 0.0323. The van der Waals surface area contributed by atoms with Crippen molar-refractivity contribution in [1.82, 2.24) is 4.57 Å². The highest BCUT2D eigenvalue weighted by atomic mass is 15.0. The Morgan fingerprint density at radius 1 is 0.370 bits per heavy atom. The molecule has 0 saturated carbocycles. The molecular weight excluding hydrogens is 555 g/mol. The molecule has 8 aromatic rings. The first-order valence-corrected chi connectivity index (χ1v) is 16.1. The molecule has 1 aromatic heterocycles. The molecule has 0 spiro atoms. The first-order valence-electron chi connectivity index (χ1n) is 16.1. The van der Waals surface area contributed by atoms with Crippen LogP contribution in [0.3, 0.4) is 0 Å². The molecule has 0 saturated heterocycles. The average molecular weight is 588 g/mol. The smallest absolute Gasteiger partial charge is 0.0541 e. The van der Waals surface area contributed by atoms with Gasteiger partial charge in [0, 0.05) is 21.9 Å². The molecule has 0 amide bonds. The third kappa shape index (κ3) is 4.02. The Labute approximate surface area is 270 Å². The van der Waals surface area contributed by atoms with Crippen LogP contribution in [-0.2, 0) is 5.41 Å². The van der Waals surface area contributed by atoms with Gasteiger partial charge in [-0.1, -0.05) is 141 Å². The summed E-state index contributed by atoms with van der Waals surface area (Å²) in [5.41, 5.74) is 16.5. The van der Waals surface area contributed by atoms with Crippen LogP contribution in [0.1, 0.15) is 25.0 Å². The summed E-state index contributed by atoms with van der Waals surface area (Å²) in [6.07, 6.45) is 0. The number of fused-ring (bicyclic) bond motifs is 6. The van der Waals surface area contributed by atoms with Crippen LogP contribution in [0, 0.1) is 0 Å². The van der Waals surface area contributed by atoms with Crippen LogP contribution in [0.25, 0.3) is 72.0 Å². The van der Waals surface area contributed by atoms with E-state index in [0.717, 1.165) is 0 Å². The lowest BCUT2D eigenvalue weighted by molar-refractivity contribution is 0.660. The number of hydrogen-bond donors (Lipinski definition) is 0. The molecule has 0 bridgehead atoms. The van der Waals surface area contributed by atoms with Gasteiger partial charge in [0.05, 0.1) is 11.0 Å². The van der Waals surface area contributed by atoms with E-state index in [2.05, 4.69) is 182 Å². The van der Waals surface area contributed by atoms with Crippen molar-refractivity contribution in [2.24, 2.45) is 0 Å². The van der Waals surface area contributed by atoms with Crippen molar-refractivity contribution in [3.05, 3.63) is 175 Å². The molecule has 1 nitrogen and oxygen atoms in total. The minimum atomic E-state index is -0.0323. The predicted octanol–water partition coefficient (Wildman–Crippen LogP) is 12.1. The molecule has 0 atom stereocenters. The van der Waals surface area contributed by atoms with Gasteiger partial charge in [-0.3, -0.25) is 0 Å². The third-order valence-corrected chi connectivity index (χ3v) is 10.0. The molecule has 0 unspecified atom stereocenters. The second-order valence-corrected chi connectivity index (χ2v) is 13.0. The molecule has 1 heteroatoms. The van der Waals surface area contributed by atoms with Crippen molar-refractivity contribution < 1.29 is 0 Å². The summed E-state index contributed by atoms with van der Waals surface area (Å²) in [6.45, 7) is 4.71. The third-order valence-electron chi connectivity index (χ3n) is 10.0. The van der Waals surface area contributed by atoms with Gasteiger partial charge in [-0.05, 0) is 92.0 Å². The summed E-state index contributed by atoms with van der Waals surface area (Å²) in [5, 5.41) is 2.53. The number of aromatic nitrogens is 1. The number of hydrogen-bond acceptors (Lipinski definition) is 0. The van der Waals surface area contributed by atoms with Crippen LogP contribution in [0.15, 0.2) is 164 Å². The molecule has 1 heterocycles. The summed E-state index contributed by atoms with van der Waals surface area (Å²) in [6, 6.07) is 60.1. The van der Waals surface area contributed by atoms with Gasteiger partial charge >= 0.3 is 0 Å². The second kappa shape index (κ2) is 10.2. The van der Waals surface area contributed by atoms with Crippen LogP contribution >= 0.6 is 0 Å². The van der Waals surface area contributed by atoms with Gasteiger partial charge in [0.2, 0.25) is 0 Å². The minimum Gasteiger partial charge on any atom is -0.309 e. The van der Waals surface area contributed by atoms with Crippen LogP contribution in [0.5, 0.6) is 0 Å². The zero-order chi connectivity index (χ0) is 30.8. The van der Waals surface area contributed by atoms with Gasteiger partial charge in [-0.15, -0.1) is 0 Å². The fourth-order valence-electron chi connectivity index (χ4n) is 7.73.